The number of hydrogen-bond donors (Lipinski definition) is 1. The van der Waals surface area contributed by atoms with Crippen molar-refractivity contribution in [3.8, 4) is 0 Å². The van der Waals surface area contributed by atoms with Gasteiger partial charge < -0.3 is 5.32 Å². The second-order valence-corrected chi connectivity index (χ2v) is 5.48. The molecule has 0 aromatic heterocycles. The maximum atomic E-state index is 12.1. The molecule has 1 unspecified atom stereocenters. The molecule has 110 valence electrons. The highest BCUT2D eigenvalue weighted by atomic mass is 35.5. The van der Waals surface area contributed by atoms with Crippen LogP contribution in [0, 0.1) is 6.92 Å². The molecule has 0 bridgehead atoms. The van der Waals surface area contributed by atoms with E-state index < -0.39 is 0 Å². The predicted octanol–water partition coefficient (Wildman–Crippen LogP) is 4.02. The summed E-state index contributed by atoms with van der Waals surface area (Å²) < 4.78 is 0. The van der Waals surface area contributed by atoms with E-state index in [2.05, 4.69) is 36.5 Å². The highest BCUT2D eigenvalue weighted by Crippen LogP contribution is 2.14. The first kappa shape index (κ1) is 15.6. The molecule has 1 amide bonds. The minimum absolute atomic E-state index is 0.0325. The Morgan fingerprint density at radius 3 is 2.38 bits per heavy atom. The third kappa shape index (κ3) is 4.91. The molecular formula is C18H20ClNO. The van der Waals surface area contributed by atoms with Crippen molar-refractivity contribution in [3.05, 3.63) is 71.3 Å². The second-order valence-electron chi connectivity index (χ2n) is 5.17. The molecule has 2 rings (SSSR count). The Kier molecular flexibility index (Phi) is 5.82. The van der Waals surface area contributed by atoms with Crippen LogP contribution in [0.5, 0.6) is 0 Å². The van der Waals surface area contributed by atoms with E-state index >= 15 is 0 Å². The summed E-state index contributed by atoms with van der Waals surface area (Å²) in [6.45, 7) is 2.06. The van der Waals surface area contributed by atoms with E-state index in [1.807, 2.05) is 30.3 Å². The Hall–Kier alpha value is -1.80. The fraction of sp³-hybridized carbons (Fsp3) is 0.278. The summed E-state index contributed by atoms with van der Waals surface area (Å²) in [5.41, 5.74) is 3.45. The molecule has 1 N–H and O–H groups in total. The highest BCUT2D eigenvalue weighted by molar-refractivity contribution is 6.18. The Labute approximate surface area is 131 Å². The highest BCUT2D eigenvalue weighted by Gasteiger charge is 2.13. The summed E-state index contributed by atoms with van der Waals surface area (Å²) in [6, 6.07) is 18.0. The van der Waals surface area contributed by atoms with Crippen molar-refractivity contribution in [1.82, 2.24) is 5.32 Å². The smallest absolute Gasteiger partial charge is 0.220 e. The summed E-state index contributed by atoms with van der Waals surface area (Å²) in [5, 5.41) is 2.99. The number of carbonyl (C=O) groups is 1. The Morgan fingerprint density at radius 2 is 1.76 bits per heavy atom. The third-order valence-corrected chi connectivity index (χ3v) is 3.76. The minimum Gasteiger partial charge on any atom is -0.348 e. The normalized spacial score (nSPS) is 11.9. The van der Waals surface area contributed by atoms with Crippen LogP contribution in [0.1, 0.15) is 29.2 Å². The largest absolute Gasteiger partial charge is 0.348 e. The van der Waals surface area contributed by atoms with Gasteiger partial charge in [0, 0.05) is 12.3 Å². The number of alkyl halides is 1. The van der Waals surface area contributed by atoms with Crippen LogP contribution in [0.2, 0.25) is 0 Å². The van der Waals surface area contributed by atoms with Gasteiger partial charge in [-0.2, -0.15) is 0 Å². The maximum Gasteiger partial charge on any atom is 0.220 e. The van der Waals surface area contributed by atoms with Gasteiger partial charge in [-0.25, -0.2) is 0 Å². The quantitative estimate of drug-likeness (QED) is 0.802. The lowest BCUT2D eigenvalue weighted by Crippen LogP contribution is -2.29. The fourth-order valence-electron chi connectivity index (χ4n) is 2.18. The molecule has 0 radical (unpaired) electrons. The lowest BCUT2D eigenvalue weighted by atomic mass is 10.1. The SMILES string of the molecule is Cc1ccc(CCC(=O)NC(CCl)c2ccccc2)cc1. The molecule has 0 saturated heterocycles. The second kappa shape index (κ2) is 7.84. The molecule has 2 nitrogen and oxygen atoms in total. The standard InChI is InChI=1S/C18H20ClNO/c1-14-7-9-15(10-8-14)11-12-18(21)20-17(13-19)16-5-3-2-4-6-16/h2-10,17H,11-13H2,1H3,(H,20,21). The van der Waals surface area contributed by atoms with Gasteiger partial charge in [-0.15, -0.1) is 11.6 Å². The number of nitrogens with one attached hydrogen (secondary N) is 1. The van der Waals surface area contributed by atoms with Crippen LogP contribution in [0.25, 0.3) is 0 Å². The van der Waals surface area contributed by atoms with E-state index in [9.17, 15) is 4.79 Å². The zero-order valence-electron chi connectivity index (χ0n) is 12.2. The number of rotatable bonds is 6. The minimum atomic E-state index is -0.126. The Balaban J connectivity index is 1.87. The molecule has 0 saturated carbocycles. The van der Waals surface area contributed by atoms with Crippen molar-refractivity contribution in [2.24, 2.45) is 0 Å². The number of aryl methyl sites for hydroxylation is 2. The molecular weight excluding hydrogens is 282 g/mol. The van der Waals surface area contributed by atoms with Gasteiger partial charge >= 0.3 is 0 Å². The first-order valence-electron chi connectivity index (χ1n) is 7.15. The van der Waals surface area contributed by atoms with Crippen LogP contribution < -0.4 is 5.32 Å². The molecule has 0 aliphatic heterocycles. The van der Waals surface area contributed by atoms with Crippen molar-refractivity contribution < 1.29 is 4.79 Å². The average molecular weight is 302 g/mol. The van der Waals surface area contributed by atoms with Crippen molar-refractivity contribution in [1.29, 1.82) is 0 Å². The maximum absolute atomic E-state index is 12.1. The summed E-state index contributed by atoms with van der Waals surface area (Å²) in [7, 11) is 0. The first-order valence-corrected chi connectivity index (χ1v) is 7.68. The number of carbonyl (C=O) groups excluding carboxylic acids is 1. The lowest BCUT2D eigenvalue weighted by Gasteiger charge is -2.16. The van der Waals surface area contributed by atoms with Crippen molar-refractivity contribution >= 4 is 17.5 Å². The van der Waals surface area contributed by atoms with Gasteiger partial charge in [0.2, 0.25) is 5.91 Å². The van der Waals surface area contributed by atoms with Crippen molar-refractivity contribution in [2.45, 2.75) is 25.8 Å². The number of amides is 1. The third-order valence-electron chi connectivity index (χ3n) is 3.45. The summed E-state index contributed by atoms with van der Waals surface area (Å²) >= 11 is 5.97. The molecule has 0 fully saturated rings. The van der Waals surface area contributed by atoms with Crippen LogP contribution in [0.15, 0.2) is 54.6 Å². The van der Waals surface area contributed by atoms with Gasteiger partial charge in [0.1, 0.15) is 0 Å². The number of hydrogen-bond acceptors (Lipinski definition) is 1. The average Bonchev–Trinajstić information content (AvgIpc) is 2.53. The fourth-order valence-corrected chi connectivity index (χ4v) is 2.43. The topological polar surface area (TPSA) is 29.1 Å². The van der Waals surface area contributed by atoms with Gasteiger partial charge in [-0.1, -0.05) is 60.2 Å². The van der Waals surface area contributed by atoms with Gasteiger partial charge in [0.05, 0.1) is 6.04 Å². The van der Waals surface area contributed by atoms with E-state index in [0.29, 0.717) is 12.3 Å². The molecule has 0 spiro atoms. The van der Waals surface area contributed by atoms with E-state index in [0.717, 1.165) is 12.0 Å². The van der Waals surface area contributed by atoms with E-state index in [-0.39, 0.29) is 11.9 Å². The summed E-state index contributed by atoms with van der Waals surface area (Å²) in [4.78, 5) is 12.1. The van der Waals surface area contributed by atoms with Gasteiger partial charge in [0.15, 0.2) is 0 Å². The van der Waals surface area contributed by atoms with Crippen LogP contribution >= 0.6 is 11.6 Å². The first-order chi connectivity index (χ1) is 10.2. The molecule has 0 aliphatic rings. The Bertz CT molecular complexity index is 566. The van der Waals surface area contributed by atoms with Crippen molar-refractivity contribution in [2.75, 3.05) is 5.88 Å². The van der Waals surface area contributed by atoms with Gasteiger partial charge in [-0.05, 0) is 24.5 Å². The predicted molar refractivity (Wildman–Crippen MR) is 87.5 cm³/mol. The van der Waals surface area contributed by atoms with E-state index in [4.69, 9.17) is 11.6 Å². The van der Waals surface area contributed by atoms with Gasteiger partial charge in [-0.3, -0.25) is 4.79 Å². The molecule has 2 aromatic rings. The zero-order chi connectivity index (χ0) is 15.1. The molecule has 1 atom stereocenters. The molecule has 0 heterocycles. The number of halogens is 1. The Morgan fingerprint density at radius 1 is 1.10 bits per heavy atom. The lowest BCUT2D eigenvalue weighted by molar-refractivity contribution is -0.121. The van der Waals surface area contributed by atoms with Crippen LogP contribution in [-0.4, -0.2) is 11.8 Å². The van der Waals surface area contributed by atoms with Crippen LogP contribution in [-0.2, 0) is 11.2 Å². The molecule has 3 heteroatoms. The van der Waals surface area contributed by atoms with Crippen LogP contribution in [0.4, 0.5) is 0 Å². The van der Waals surface area contributed by atoms with E-state index in [1.54, 1.807) is 0 Å². The zero-order valence-corrected chi connectivity index (χ0v) is 12.9. The molecule has 2 aromatic carbocycles. The molecule has 21 heavy (non-hydrogen) atoms. The number of benzene rings is 2. The summed E-state index contributed by atoms with van der Waals surface area (Å²) in [6.07, 6.45) is 1.22. The summed E-state index contributed by atoms with van der Waals surface area (Å²) in [5.74, 6) is 0.408. The molecule has 0 aliphatic carbocycles. The van der Waals surface area contributed by atoms with E-state index in [1.165, 1.54) is 11.1 Å². The van der Waals surface area contributed by atoms with Crippen LogP contribution in [0.3, 0.4) is 0 Å². The van der Waals surface area contributed by atoms with Gasteiger partial charge in [0.25, 0.3) is 0 Å². The van der Waals surface area contributed by atoms with Crippen molar-refractivity contribution in [3.63, 3.8) is 0 Å². The monoisotopic (exact) mass is 301 g/mol.